The van der Waals surface area contributed by atoms with E-state index < -0.39 is 28.0 Å². The van der Waals surface area contributed by atoms with E-state index in [9.17, 15) is 16.8 Å². The Morgan fingerprint density at radius 3 is 1.27 bits per heavy atom. The van der Waals surface area contributed by atoms with Gasteiger partial charge in [-0.25, -0.2) is 25.4 Å². The Bertz CT molecular complexity index is 1660. The fourth-order valence-corrected chi connectivity index (χ4v) is 9.63. The highest BCUT2D eigenvalue weighted by Gasteiger charge is 2.34. The molecule has 0 aromatic heterocycles. The molecular weight excluding hydrogens is 559 g/mol. The highest BCUT2D eigenvalue weighted by molar-refractivity contribution is 7.89. The summed E-state index contributed by atoms with van der Waals surface area (Å²) in [7, 11) is -2.47. The zero-order valence-corrected chi connectivity index (χ0v) is 25.3. The average molecular weight is 591 g/mol. The van der Waals surface area contributed by atoms with Crippen molar-refractivity contribution in [1.29, 1.82) is 0 Å². The van der Waals surface area contributed by atoms with Crippen LogP contribution < -0.4 is 10.6 Å². The minimum Gasteiger partial charge on any atom is -0.207 e. The van der Waals surface area contributed by atoms with Crippen LogP contribution in [0.1, 0.15) is 27.9 Å². The summed E-state index contributed by atoms with van der Waals surface area (Å²) in [4.78, 5) is 0.400. The molecule has 6 nitrogen and oxygen atoms in total. The van der Waals surface area contributed by atoms with Gasteiger partial charge in [-0.15, -0.1) is 0 Å². The lowest BCUT2D eigenvalue weighted by atomic mass is 9.99. The van der Waals surface area contributed by atoms with Crippen molar-refractivity contribution in [3.8, 4) is 0 Å². The maximum Gasteiger partial charge on any atom is 0.242 e. The van der Waals surface area contributed by atoms with Gasteiger partial charge in [-0.05, 0) is 65.0 Å². The summed E-state index contributed by atoms with van der Waals surface area (Å²) in [5.74, 6) is 0. The van der Waals surface area contributed by atoms with E-state index in [1.54, 1.807) is 24.3 Å². The average Bonchev–Trinajstić information content (AvgIpc) is 3.10. The lowest BCUT2D eigenvalue weighted by Gasteiger charge is -2.31. The SMILES string of the molecule is CN(C)S(=O)(=O)c1ccc2c(c1)C(P(c1ccccc1)c1ccccc1)c1cc(S(=O)(=O)N(C)C)ccc1C=C2. The second-order valence-corrected chi connectivity index (χ2v) is 16.5. The number of benzene rings is 4. The van der Waals surface area contributed by atoms with Gasteiger partial charge < -0.3 is 0 Å². The van der Waals surface area contributed by atoms with Crippen molar-refractivity contribution < 1.29 is 16.8 Å². The van der Waals surface area contributed by atoms with Gasteiger partial charge in [0.2, 0.25) is 20.0 Å². The molecule has 0 aliphatic heterocycles. The summed E-state index contributed by atoms with van der Waals surface area (Å²) in [6, 6.07) is 30.9. The molecule has 5 rings (SSSR count). The molecule has 0 N–H and O–H groups in total. The topological polar surface area (TPSA) is 74.8 Å². The van der Waals surface area contributed by atoms with Crippen LogP contribution in [0, 0.1) is 0 Å². The van der Waals surface area contributed by atoms with Crippen LogP contribution in [0.25, 0.3) is 12.2 Å². The molecule has 0 bridgehead atoms. The van der Waals surface area contributed by atoms with Crippen LogP contribution in [0.15, 0.2) is 107 Å². The van der Waals surface area contributed by atoms with Crippen molar-refractivity contribution in [2.75, 3.05) is 28.2 Å². The van der Waals surface area contributed by atoms with E-state index in [0.717, 1.165) is 32.9 Å². The van der Waals surface area contributed by atoms with Gasteiger partial charge >= 0.3 is 0 Å². The van der Waals surface area contributed by atoms with E-state index in [1.807, 2.05) is 60.7 Å². The minimum absolute atomic E-state index is 0.200. The lowest BCUT2D eigenvalue weighted by molar-refractivity contribution is 0.519. The van der Waals surface area contributed by atoms with Gasteiger partial charge in [-0.2, -0.15) is 0 Å². The first kappa shape index (κ1) is 28.4. The summed E-state index contributed by atoms with van der Waals surface area (Å²) in [6.07, 6.45) is 3.98. The number of hydrogen-bond acceptors (Lipinski definition) is 4. The summed E-state index contributed by atoms with van der Waals surface area (Å²) in [5, 5.41) is 2.21. The molecule has 0 unspecified atom stereocenters. The van der Waals surface area contributed by atoms with Crippen molar-refractivity contribution in [1.82, 2.24) is 8.61 Å². The Balaban J connectivity index is 1.88. The molecule has 206 valence electrons. The Morgan fingerprint density at radius 2 is 0.925 bits per heavy atom. The second-order valence-electron chi connectivity index (χ2n) is 9.93. The summed E-state index contributed by atoms with van der Waals surface area (Å²) in [5.41, 5.74) is 3.16. The van der Waals surface area contributed by atoms with Crippen LogP contribution in [0.5, 0.6) is 0 Å². The fourth-order valence-electron chi connectivity index (χ4n) is 4.88. The molecular formula is C31H31N2O4PS2. The molecule has 4 aromatic rings. The van der Waals surface area contributed by atoms with Gasteiger partial charge in [0.05, 0.1) is 9.79 Å². The normalized spacial score (nSPS) is 13.9. The molecule has 0 fully saturated rings. The molecule has 0 spiro atoms. The largest absolute Gasteiger partial charge is 0.242 e. The van der Waals surface area contributed by atoms with E-state index >= 15 is 0 Å². The molecule has 0 radical (unpaired) electrons. The van der Waals surface area contributed by atoms with Gasteiger partial charge in [0.1, 0.15) is 0 Å². The first-order valence-electron chi connectivity index (χ1n) is 12.7. The number of nitrogens with zero attached hydrogens (tertiary/aromatic N) is 2. The van der Waals surface area contributed by atoms with Gasteiger partial charge in [0.25, 0.3) is 0 Å². The monoisotopic (exact) mass is 590 g/mol. The van der Waals surface area contributed by atoms with Crippen molar-refractivity contribution in [2.24, 2.45) is 0 Å². The highest BCUT2D eigenvalue weighted by Crippen LogP contribution is 2.56. The predicted octanol–water partition coefficient (Wildman–Crippen LogP) is 4.89. The van der Waals surface area contributed by atoms with Gasteiger partial charge in [0, 0.05) is 33.8 Å². The van der Waals surface area contributed by atoms with Crippen LogP contribution in [0.2, 0.25) is 0 Å². The molecule has 40 heavy (non-hydrogen) atoms. The smallest absolute Gasteiger partial charge is 0.207 e. The first-order valence-corrected chi connectivity index (χ1v) is 17.0. The van der Waals surface area contributed by atoms with E-state index in [1.165, 1.54) is 36.8 Å². The molecule has 0 saturated carbocycles. The van der Waals surface area contributed by atoms with Crippen molar-refractivity contribution in [2.45, 2.75) is 15.4 Å². The summed E-state index contributed by atoms with van der Waals surface area (Å²) < 4.78 is 55.4. The molecule has 0 saturated heterocycles. The van der Waals surface area contributed by atoms with E-state index in [2.05, 4.69) is 24.3 Å². The fraction of sp³-hybridized carbons (Fsp3) is 0.161. The molecule has 0 atom stereocenters. The van der Waals surface area contributed by atoms with Gasteiger partial charge in [-0.3, -0.25) is 0 Å². The molecule has 0 amide bonds. The van der Waals surface area contributed by atoms with E-state index in [4.69, 9.17) is 0 Å². The summed E-state index contributed by atoms with van der Waals surface area (Å²) >= 11 is 0. The first-order chi connectivity index (χ1) is 19.0. The number of fused-ring (bicyclic) bond motifs is 2. The lowest BCUT2D eigenvalue weighted by Crippen LogP contribution is -2.24. The summed E-state index contributed by atoms with van der Waals surface area (Å²) in [6.45, 7) is 0. The predicted molar refractivity (Wildman–Crippen MR) is 164 cm³/mol. The highest BCUT2D eigenvalue weighted by atomic mass is 32.2. The van der Waals surface area contributed by atoms with Crippen LogP contribution in [-0.4, -0.2) is 53.6 Å². The standard InChI is InChI=1S/C31H31N2O4PS2/c1-32(2)39(34,35)27-19-17-23-15-16-24-18-20-28(40(36,37)33(3)4)22-30(24)31(29(23)21-27)38(25-11-7-5-8-12-25)26-13-9-6-10-14-26/h5-22,31H,1-4H3. The Kier molecular flexibility index (Phi) is 7.83. The number of hydrogen-bond donors (Lipinski definition) is 0. The number of rotatable bonds is 7. The zero-order valence-electron chi connectivity index (χ0n) is 22.8. The second kappa shape index (κ2) is 11.0. The Labute approximate surface area is 238 Å². The maximum atomic E-state index is 13.3. The zero-order chi connectivity index (χ0) is 28.7. The van der Waals surface area contributed by atoms with Gasteiger partial charge in [0.15, 0.2) is 0 Å². The third kappa shape index (κ3) is 5.18. The van der Waals surface area contributed by atoms with Crippen molar-refractivity contribution >= 4 is 50.7 Å². The molecule has 1 aliphatic carbocycles. The number of sulfonamides is 2. The molecule has 1 aliphatic rings. The third-order valence-corrected chi connectivity index (χ3v) is 13.4. The van der Waals surface area contributed by atoms with Crippen LogP contribution in [-0.2, 0) is 20.0 Å². The maximum absolute atomic E-state index is 13.3. The minimum atomic E-state index is -3.71. The molecule has 0 heterocycles. The Morgan fingerprint density at radius 1 is 0.550 bits per heavy atom. The van der Waals surface area contributed by atoms with Crippen molar-refractivity contribution in [3.63, 3.8) is 0 Å². The van der Waals surface area contributed by atoms with Crippen LogP contribution >= 0.6 is 7.92 Å². The van der Waals surface area contributed by atoms with Gasteiger partial charge in [-0.1, -0.05) is 84.9 Å². The third-order valence-electron chi connectivity index (χ3n) is 7.03. The van der Waals surface area contributed by atoms with Crippen LogP contribution in [0.3, 0.4) is 0 Å². The van der Waals surface area contributed by atoms with E-state index in [0.29, 0.717) is 0 Å². The van der Waals surface area contributed by atoms with E-state index in [-0.39, 0.29) is 15.4 Å². The molecule has 9 heteroatoms. The molecule has 4 aromatic carbocycles. The van der Waals surface area contributed by atoms with Crippen molar-refractivity contribution in [3.05, 3.63) is 119 Å². The quantitative estimate of drug-likeness (QED) is 0.287. The Hall–Kier alpha value is -3.13. The van der Waals surface area contributed by atoms with Crippen LogP contribution in [0.4, 0.5) is 0 Å².